The second-order valence-electron chi connectivity index (χ2n) is 4.01. The molecule has 0 aliphatic rings. The lowest BCUT2D eigenvalue weighted by molar-refractivity contribution is -0.140. The van der Waals surface area contributed by atoms with E-state index in [1.165, 1.54) is 19.1 Å². The van der Waals surface area contributed by atoms with Crippen LogP contribution in [0, 0.1) is 11.7 Å². The van der Waals surface area contributed by atoms with Crippen molar-refractivity contribution in [3.63, 3.8) is 0 Å². The number of rotatable bonds is 5. The van der Waals surface area contributed by atoms with Crippen molar-refractivity contribution in [3.8, 4) is 0 Å². The van der Waals surface area contributed by atoms with Crippen LogP contribution in [0.25, 0.3) is 0 Å². The summed E-state index contributed by atoms with van der Waals surface area (Å²) in [6, 6.07) is 3.87. The molecule has 1 unspecified atom stereocenters. The lowest BCUT2D eigenvalue weighted by Gasteiger charge is -2.09. The van der Waals surface area contributed by atoms with Crippen LogP contribution in [0.2, 0.25) is 5.02 Å². The van der Waals surface area contributed by atoms with Crippen molar-refractivity contribution in [1.82, 2.24) is 0 Å². The highest BCUT2D eigenvalue weighted by Crippen LogP contribution is 2.22. The maximum atomic E-state index is 13.1. The minimum Gasteiger partial charge on any atom is -0.481 e. The molecule has 1 aromatic rings. The number of aliphatic carboxylic acids is 1. The minimum absolute atomic E-state index is 0.134. The van der Waals surface area contributed by atoms with Gasteiger partial charge in [-0.3, -0.25) is 4.79 Å². The molecule has 100 valence electrons. The van der Waals surface area contributed by atoms with Gasteiger partial charge in [0.05, 0.1) is 22.4 Å². The second-order valence-corrected chi connectivity index (χ2v) is 6.49. The number of carbonyl (C=O) groups is 1. The molecule has 1 atom stereocenters. The molecule has 0 saturated carbocycles. The third-order valence-corrected chi connectivity index (χ3v) is 4.51. The fourth-order valence-corrected chi connectivity index (χ4v) is 3.42. The molecular formula is C11H12ClFO4S. The average molecular weight is 295 g/mol. The summed E-state index contributed by atoms with van der Waals surface area (Å²) in [6.45, 7) is 1.30. The fourth-order valence-electron chi connectivity index (χ4n) is 1.41. The number of sulfone groups is 1. The zero-order valence-electron chi connectivity index (χ0n) is 9.56. The van der Waals surface area contributed by atoms with Gasteiger partial charge in [-0.1, -0.05) is 30.7 Å². The van der Waals surface area contributed by atoms with Gasteiger partial charge in [-0.25, -0.2) is 12.8 Å². The second kappa shape index (κ2) is 5.67. The van der Waals surface area contributed by atoms with Crippen molar-refractivity contribution in [2.24, 2.45) is 5.92 Å². The van der Waals surface area contributed by atoms with Crippen molar-refractivity contribution < 1.29 is 22.7 Å². The maximum Gasteiger partial charge on any atom is 0.307 e. The predicted octanol–water partition coefficient (Wildman–Crippen LogP) is 2.11. The van der Waals surface area contributed by atoms with Crippen molar-refractivity contribution in [1.29, 1.82) is 0 Å². The lowest BCUT2D eigenvalue weighted by Crippen LogP contribution is -2.22. The first kappa shape index (κ1) is 14.9. The van der Waals surface area contributed by atoms with Crippen LogP contribution in [0.15, 0.2) is 18.2 Å². The van der Waals surface area contributed by atoms with Gasteiger partial charge < -0.3 is 5.11 Å². The van der Waals surface area contributed by atoms with Gasteiger partial charge in [-0.05, 0) is 11.6 Å². The summed E-state index contributed by atoms with van der Waals surface area (Å²) in [4.78, 5) is 10.6. The molecule has 0 heterocycles. The summed E-state index contributed by atoms with van der Waals surface area (Å²) in [5.41, 5.74) is 0.134. The van der Waals surface area contributed by atoms with E-state index < -0.39 is 39.0 Å². The van der Waals surface area contributed by atoms with Crippen molar-refractivity contribution in [2.45, 2.75) is 12.7 Å². The van der Waals surface area contributed by atoms with Crippen LogP contribution in [-0.2, 0) is 20.4 Å². The van der Waals surface area contributed by atoms with Crippen molar-refractivity contribution >= 4 is 27.4 Å². The summed E-state index contributed by atoms with van der Waals surface area (Å²) in [7, 11) is -3.65. The molecule has 0 fully saturated rings. The largest absolute Gasteiger partial charge is 0.481 e. The first-order chi connectivity index (χ1) is 8.23. The monoisotopic (exact) mass is 294 g/mol. The van der Waals surface area contributed by atoms with E-state index in [1.807, 2.05) is 0 Å². The Bertz CT molecular complexity index is 556. The van der Waals surface area contributed by atoms with Crippen molar-refractivity contribution in [3.05, 3.63) is 34.6 Å². The van der Waals surface area contributed by atoms with E-state index in [9.17, 15) is 17.6 Å². The summed E-state index contributed by atoms with van der Waals surface area (Å²) in [6.07, 6.45) is 0. The van der Waals surface area contributed by atoms with Crippen LogP contribution in [0.5, 0.6) is 0 Å². The highest BCUT2D eigenvalue weighted by atomic mass is 35.5. The molecule has 0 amide bonds. The van der Waals surface area contributed by atoms with Gasteiger partial charge in [-0.2, -0.15) is 0 Å². The molecule has 18 heavy (non-hydrogen) atoms. The highest BCUT2D eigenvalue weighted by Gasteiger charge is 2.22. The third-order valence-electron chi connectivity index (χ3n) is 2.33. The molecular weight excluding hydrogens is 283 g/mol. The van der Waals surface area contributed by atoms with Crippen LogP contribution in [-0.4, -0.2) is 25.2 Å². The van der Waals surface area contributed by atoms with Crippen LogP contribution in [0.4, 0.5) is 4.39 Å². The number of benzene rings is 1. The van der Waals surface area contributed by atoms with Gasteiger partial charge in [0, 0.05) is 0 Å². The SMILES string of the molecule is CC(CS(=O)(=O)Cc1cccc(F)c1Cl)C(=O)O. The Morgan fingerprint density at radius 2 is 2.11 bits per heavy atom. The minimum atomic E-state index is -3.65. The van der Waals surface area contributed by atoms with Crippen LogP contribution < -0.4 is 0 Å². The van der Waals surface area contributed by atoms with Gasteiger partial charge in [0.1, 0.15) is 5.82 Å². The molecule has 7 heteroatoms. The molecule has 0 aliphatic carbocycles. The molecule has 1 aromatic carbocycles. The zero-order valence-corrected chi connectivity index (χ0v) is 11.1. The molecule has 0 aromatic heterocycles. The summed E-state index contributed by atoms with van der Waals surface area (Å²) in [5, 5.41) is 8.41. The molecule has 1 N–H and O–H groups in total. The molecule has 0 radical (unpaired) electrons. The predicted molar refractivity (Wildman–Crippen MR) is 65.7 cm³/mol. The normalized spacial score (nSPS) is 13.3. The molecule has 0 spiro atoms. The van der Waals surface area contributed by atoms with E-state index in [0.717, 1.165) is 6.07 Å². The summed E-state index contributed by atoms with van der Waals surface area (Å²) >= 11 is 5.64. The number of carboxylic acids is 1. The molecule has 0 bridgehead atoms. The Morgan fingerprint density at radius 3 is 2.67 bits per heavy atom. The van der Waals surface area contributed by atoms with E-state index in [4.69, 9.17) is 16.7 Å². The van der Waals surface area contributed by atoms with Crippen LogP contribution in [0.1, 0.15) is 12.5 Å². The van der Waals surface area contributed by atoms with Crippen molar-refractivity contribution in [2.75, 3.05) is 5.75 Å². The zero-order chi connectivity index (χ0) is 13.9. The first-order valence-electron chi connectivity index (χ1n) is 5.09. The Balaban J connectivity index is 2.90. The molecule has 0 aliphatic heterocycles. The Labute approximate surface area is 109 Å². The lowest BCUT2D eigenvalue weighted by atomic mass is 10.2. The molecule has 1 rings (SSSR count). The fraction of sp³-hybridized carbons (Fsp3) is 0.364. The summed E-state index contributed by atoms with van der Waals surface area (Å²) < 4.78 is 36.6. The van der Waals surface area contributed by atoms with Gasteiger partial charge >= 0.3 is 5.97 Å². The smallest absolute Gasteiger partial charge is 0.307 e. The third kappa shape index (κ3) is 3.96. The highest BCUT2D eigenvalue weighted by molar-refractivity contribution is 7.90. The van der Waals surface area contributed by atoms with Crippen LogP contribution in [0.3, 0.4) is 0 Å². The molecule has 0 saturated heterocycles. The molecule has 4 nitrogen and oxygen atoms in total. The quantitative estimate of drug-likeness (QED) is 0.903. The van der Waals surface area contributed by atoms with Gasteiger partial charge in [0.15, 0.2) is 9.84 Å². The van der Waals surface area contributed by atoms with E-state index in [-0.39, 0.29) is 10.6 Å². The van der Waals surface area contributed by atoms with E-state index in [1.54, 1.807) is 0 Å². The number of hydrogen-bond donors (Lipinski definition) is 1. The number of hydrogen-bond acceptors (Lipinski definition) is 3. The average Bonchev–Trinajstić information content (AvgIpc) is 2.23. The van der Waals surface area contributed by atoms with E-state index in [0.29, 0.717) is 0 Å². The Hall–Kier alpha value is -1.14. The van der Waals surface area contributed by atoms with Crippen LogP contribution >= 0.6 is 11.6 Å². The Morgan fingerprint density at radius 1 is 1.50 bits per heavy atom. The first-order valence-corrected chi connectivity index (χ1v) is 7.29. The number of carboxylic acid groups (broad SMARTS) is 1. The standard InChI is InChI=1S/C11H12ClFO4S/c1-7(11(14)15)5-18(16,17)6-8-3-2-4-9(13)10(8)12/h2-4,7H,5-6H2,1H3,(H,14,15). The van der Waals surface area contributed by atoms with E-state index in [2.05, 4.69) is 0 Å². The number of halogens is 2. The summed E-state index contributed by atoms with van der Waals surface area (Å²) in [5.74, 6) is -3.88. The van der Waals surface area contributed by atoms with Gasteiger partial charge in [0.25, 0.3) is 0 Å². The van der Waals surface area contributed by atoms with Gasteiger partial charge in [-0.15, -0.1) is 0 Å². The van der Waals surface area contributed by atoms with E-state index >= 15 is 0 Å². The van der Waals surface area contributed by atoms with Gasteiger partial charge in [0.2, 0.25) is 0 Å². The maximum absolute atomic E-state index is 13.1. The topological polar surface area (TPSA) is 71.4 Å². The Kier molecular flexibility index (Phi) is 4.70.